The first-order chi connectivity index (χ1) is 6.83. The summed E-state index contributed by atoms with van der Waals surface area (Å²) >= 11 is 0. The predicted octanol–water partition coefficient (Wildman–Crippen LogP) is 0.945. The van der Waals surface area contributed by atoms with Gasteiger partial charge in [0, 0.05) is 5.39 Å². The van der Waals surface area contributed by atoms with Crippen LogP contribution >= 0.6 is 0 Å². The van der Waals surface area contributed by atoms with Crippen LogP contribution in [0.5, 0.6) is 0 Å². The lowest BCUT2D eigenvalue weighted by molar-refractivity contribution is 0.167. The van der Waals surface area contributed by atoms with Crippen molar-refractivity contribution in [1.29, 1.82) is 0 Å². The number of nitrogens with one attached hydrogen (secondary N) is 1. The SMILES string of the molecule is NCC[C@H](O)c1[nH]nc2ccccc12. The van der Waals surface area contributed by atoms with E-state index in [0.29, 0.717) is 13.0 Å². The summed E-state index contributed by atoms with van der Waals surface area (Å²) in [5, 5.41) is 17.7. The Morgan fingerprint density at radius 2 is 2.21 bits per heavy atom. The number of hydrogen-bond donors (Lipinski definition) is 3. The Balaban J connectivity index is 2.42. The van der Waals surface area contributed by atoms with Crippen molar-refractivity contribution in [3.05, 3.63) is 30.0 Å². The van der Waals surface area contributed by atoms with Crippen LogP contribution in [0.25, 0.3) is 10.9 Å². The molecule has 1 aromatic carbocycles. The number of H-pyrrole nitrogens is 1. The van der Waals surface area contributed by atoms with E-state index in [0.717, 1.165) is 16.6 Å². The number of benzene rings is 1. The van der Waals surface area contributed by atoms with Gasteiger partial charge in [0.15, 0.2) is 0 Å². The van der Waals surface area contributed by atoms with Gasteiger partial charge in [-0.2, -0.15) is 5.10 Å². The zero-order valence-corrected chi connectivity index (χ0v) is 7.77. The monoisotopic (exact) mass is 191 g/mol. The van der Waals surface area contributed by atoms with Gasteiger partial charge in [0.25, 0.3) is 0 Å². The van der Waals surface area contributed by atoms with Crippen LogP contribution < -0.4 is 5.73 Å². The fraction of sp³-hybridized carbons (Fsp3) is 0.300. The van der Waals surface area contributed by atoms with Gasteiger partial charge in [-0.15, -0.1) is 0 Å². The molecule has 0 fully saturated rings. The number of aliphatic hydroxyl groups excluding tert-OH is 1. The molecule has 0 spiro atoms. The van der Waals surface area contributed by atoms with Crippen molar-refractivity contribution < 1.29 is 5.11 Å². The molecule has 74 valence electrons. The van der Waals surface area contributed by atoms with Gasteiger partial charge in [0.1, 0.15) is 0 Å². The van der Waals surface area contributed by atoms with E-state index in [2.05, 4.69) is 10.2 Å². The maximum absolute atomic E-state index is 9.76. The van der Waals surface area contributed by atoms with Crippen LogP contribution in [0, 0.1) is 0 Å². The summed E-state index contributed by atoms with van der Waals surface area (Å²) in [5.74, 6) is 0. The zero-order valence-electron chi connectivity index (χ0n) is 7.77. The number of hydrogen-bond acceptors (Lipinski definition) is 3. The molecule has 4 N–H and O–H groups in total. The third-order valence-electron chi connectivity index (χ3n) is 2.26. The molecule has 1 aromatic heterocycles. The van der Waals surface area contributed by atoms with E-state index in [1.807, 2.05) is 24.3 Å². The molecule has 1 atom stereocenters. The second-order valence-corrected chi connectivity index (χ2v) is 3.25. The van der Waals surface area contributed by atoms with Gasteiger partial charge in [-0.1, -0.05) is 18.2 Å². The molecule has 0 radical (unpaired) electrons. The number of aliphatic hydroxyl groups is 1. The molecule has 0 unspecified atom stereocenters. The summed E-state index contributed by atoms with van der Waals surface area (Å²) in [6.07, 6.45) is -0.000899. The Labute approximate surface area is 81.7 Å². The third kappa shape index (κ3) is 1.49. The molecule has 0 saturated heterocycles. The minimum Gasteiger partial charge on any atom is -0.387 e. The maximum atomic E-state index is 9.76. The van der Waals surface area contributed by atoms with Crippen molar-refractivity contribution in [3.8, 4) is 0 Å². The third-order valence-corrected chi connectivity index (χ3v) is 2.26. The first-order valence-electron chi connectivity index (χ1n) is 4.64. The van der Waals surface area contributed by atoms with Gasteiger partial charge < -0.3 is 10.8 Å². The molecule has 0 aliphatic rings. The lowest BCUT2D eigenvalue weighted by atomic mass is 10.1. The minimum atomic E-state index is -0.549. The summed E-state index contributed by atoms with van der Waals surface area (Å²) in [5.41, 5.74) is 7.01. The second kappa shape index (κ2) is 3.77. The van der Waals surface area contributed by atoms with E-state index >= 15 is 0 Å². The van der Waals surface area contributed by atoms with E-state index in [1.54, 1.807) is 0 Å². The number of para-hydroxylation sites is 1. The Kier molecular flexibility index (Phi) is 2.47. The van der Waals surface area contributed by atoms with Gasteiger partial charge in [0.05, 0.1) is 17.3 Å². The molecule has 1 heterocycles. The number of aromatic amines is 1. The molecule has 4 heteroatoms. The summed E-state index contributed by atoms with van der Waals surface area (Å²) < 4.78 is 0. The fourth-order valence-corrected chi connectivity index (χ4v) is 1.54. The quantitative estimate of drug-likeness (QED) is 0.676. The molecule has 2 aromatic rings. The molecule has 0 aliphatic carbocycles. The van der Waals surface area contributed by atoms with Crippen LogP contribution in [0.15, 0.2) is 24.3 Å². The number of fused-ring (bicyclic) bond motifs is 1. The van der Waals surface area contributed by atoms with E-state index < -0.39 is 6.10 Å². The van der Waals surface area contributed by atoms with Crippen LogP contribution in [0.1, 0.15) is 18.2 Å². The van der Waals surface area contributed by atoms with Gasteiger partial charge in [-0.25, -0.2) is 0 Å². The van der Waals surface area contributed by atoms with E-state index in [-0.39, 0.29) is 0 Å². The summed E-state index contributed by atoms with van der Waals surface area (Å²) in [6.45, 7) is 0.467. The predicted molar refractivity (Wildman–Crippen MR) is 54.7 cm³/mol. The standard InChI is InChI=1S/C10H13N3O/c11-6-5-9(14)10-7-3-1-2-4-8(7)12-13-10/h1-4,9,14H,5-6,11H2,(H,12,13)/t9-/m0/s1. The molecule has 0 aliphatic heterocycles. The summed E-state index contributed by atoms with van der Waals surface area (Å²) in [6, 6.07) is 7.69. The Hall–Kier alpha value is -1.39. The van der Waals surface area contributed by atoms with E-state index in [9.17, 15) is 5.11 Å². The molecular formula is C10H13N3O. The lowest BCUT2D eigenvalue weighted by Gasteiger charge is -2.06. The first kappa shape index (κ1) is 9.18. The van der Waals surface area contributed by atoms with Gasteiger partial charge in [-0.3, -0.25) is 5.10 Å². The van der Waals surface area contributed by atoms with Crippen LogP contribution in [-0.4, -0.2) is 21.8 Å². The van der Waals surface area contributed by atoms with Gasteiger partial charge in [0.2, 0.25) is 0 Å². The Bertz CT molecular complexity index is 424. The zero-order chi connectivity index (χ0) is 9.97. The van der Waals surface area contributed by atoms with Crippen molar-refractivity contribution in [3.63, 3.8) is 0 Å². The number of nitrogens with two attached hydrogens (primary N) is 1. The topological polar surface area (TPSA) is 74.9 Å². The highest BCUT2D eigenvalue weighted by Crippen LogP contribution is 2.22. The second-order valence-electron chi connectivity index (χ2n) is 3.25. The Morgan fingerprint density at radius 3 is 3.00 bits per heavy atom. The van der Waals surface area contributed by atoms with Gasteiger partial charge >= 0.3 is 0 Å². The Morgan fingerprint density at radius 1 is 1.43 bits per heavy atom. The highest BCUT2D eigenvalue weighted by Gasteiger charge is 2.12. The number of aromatic nitrogens is 2. The van der Waals surface area contributed by atoms with Gasteiger partial charge in [-0.05, 0) is 19.0 Å². The van der Waals surface area contributed by atoms with Crippen LogP contribution in [-0.2, 0) is 0 Å². The van der Waals surface area contributed by atoms with Crippen molar-refractivity contribution in [2.45, 2.75) is 12.5 Å². The lowest BCUT2D eigenvalue weighted by Crippen LogP contribution is -2.07. The van der Waals surface area contributed by atoms with Crippen molar-refractivity contribution in [2.24, 2.45) is 5.73 Å². The molecule has 0 amide bonds. The highest BCUT2D eigenvalue weighted by molar-refractivity contribution is 5.81. The summed E-state index contributed by atoms with van der Waals surface area (Å²) in [7, 11) is 0. The van der Waals surface area contributed by atoms with E-state index in [1.165, 1.54) is 0 Å². The molecule has 0 saturated carbocycles. The van der Waals surface area contributed by atoms with Crippen molar-refractivity contribution in [2.75, 3.05) is 6.54 Å². The van der Waals surface area contributed by atoms with Crippen molar-refractivity contribution in [1.82, 2.24) is 10.2 Å². The molecular weight excluding hydrogens is 178 g/mol. The smallest absolute Gasteiger partial charge is 0.0972 e. The minimum absolute atomic E-state index is 0.467. The largest absolute Gasteiger partial charge is 0.387 e. The first-order valence-corrected chi connectivity index (χ1v) is 4.64. The van der Waals surface area contributed by atoms with Crippen LogP contribution in [0.3, 0.4) is 0 Å². The molecule has 0 bridgehead atoms. The van der Waals surface area contributed by atoms with E-state index in [4.69, 9.17) is 5.73 Å². The molecule has 4 nitrogen and oxygen atoms in total. The fourth-order valence-electron chi connectivity index (χ4n) is 1.54. The number of nitrogens with zero attached hydrogens (tertiary/aromatic N) is 1. The van der Waals surface area contributed by atoms with Crippen molar-refractivity contribution >= 4 is 10.9 Å². The maximum Gasteiger partial charge on any atom is 0.0972 e. The molecule has 2 rings (SSSR count). The average Bonchev–Trinajstić information content (AvgIpc) is 2.61. The highest BCUT2D eigenvalue weighted by atomic mass is 16.3. The number of rotatable bonds is 3. The van der Waals surface area contributed by atoms with Crippen LogP contribution in [0.4, 0.5) is 0 Å². The summed E-state index contributed by atoms with van der Waals surface area (Å²) in [4.78, 5) is 0. The molecule has 14 heavy (non-hydrogen) atoms. The normalized spacial score (nSPS) is 13.3. The average molecular weight is 191 g/mol. The van der Waals surface area contributed by atoms with Crippen LogP contribution in [0.2, 0.25) is 0 Å².